The maximum Gasteiger partial charge on any atom is 0.119 e. The summed E-state index contributed by atoms with van der Waals surface area (Å²) in [7, 11) is 2.14. The number of nitrogens with zero attached hydrogens (tertiary/aromatic N) is 2. The van der Waals surface area contributed by atoms with E-state index < -0.39 is 6.10 Å². The molecule has 0 unspecified atom stereocenters. The van der Waals surface area contributed by atoms with E-state index in [1.54, 1.807) is 0 Å². The smallest absolute Gasteiger partial charge is 0.119 e. The number of ether oxygens (including phenoxy) is 1. The summed E-state index contributed by atoms with van der Waals surface area (Å²) in [5.41, 5.74) is 1.30. The number of hydrogen-bond donors (Lipinski definition) is 1. The molecule has 1 N–H and O–H groups in total. The first kappa shape index (κ1) is 15.3. The van der Waals surface area contributed by atoms with E-state index >= 15 is 0 Å². The molecule has 0 amide bonds. The van der Waals surface area contributed by atoms with Gasteiger partial charge in [0.25, 0.3) is 0 Å². The molecule has 1 atom stereocenters. The summed E-state index contributed by atoms with van der Waals surface area (Å²) in [6.45, 7) is 7.39. The minimum Gasteiger partial charge on any atom is -0.491 e. The minimum atomic E-state index is -0.427. The Morgan fingerprint density at radius 1 is 1.15 bits per heavy atom. The van der Waals surface area contributed by atoms with Gasteiger partial charge in [-0.05, 0) is 31.2 Å². The molecule has 2 rings (SSSR count). The van der Waals surface area contributed by atoms with Crippen molar-refractivity contribution in [3.63, 3.8) is 0 Å². The number of aryl methyl sites for hydroxylation is 1. The molecule has 1 aromatic rings. The zero-order valence-electron chi connectivity index (χ0n) is 12.6. The van der Waals surface area contributed by atoms with Gasteiger partial charge in [0, 0.05) is 32.7 Å². The Bertz CT molecular complexity index is 386. The lowest BCUT2D eigenvalue weighted by Gasteiger charge is -2.33. The molecule has 20 heavy (non-hydrogen) atoms. The van der Waals surface area contributed by atoms with Gasteiger partial charge < -0.3 is 14.7 Å². The summed E-state index contributed by atoms with van der Waals surface area (Å²) in [6, 6.07) is 8.09. The summed E-state index contributed by atoms with van der Waals surface area (Å²) in [4.78, 5) is 4.61. The Labute approximate surface area is 122 Å². The number of benzene rings is 1. The Morgan fingerprint density at radius 3 is 2.40 bits per heavy atom. The van der Waals surface area contributed by atoms with Crippen LogP contribution in [0.2, 0.25) is 0 Å². The zero-order valence-corrected chi connectivity index (χ0v) is 12.6. The number of likely N-dealkylation sites (N-methyl/N-ethyl adjacent to an activating group) is 1. The first-order valence-electron chi connectivity index (χ1n) is 7.48. The van der Waals surface area contributed by atoms with Gasteiger partial charge in [-0.2, -0.15) is 0 Å². The van der Waals surface area contributed by atoms with Crippen molar-refractivity contribution in [2.75, 3.05) is 46.4 Å². The standard InChI is InChI=1S/C16H26N2O2/c1-3-14-4-6-16(7-5-14)20-13-15(19)12-18-10-8-17(2)9-11-18/h4-7,15,19H,3,8-13H2,1-2H3/t15-/m0/s1. The molecule has 0 aromatic heterocycles. The van der Waals surface area contributed by atoms with E-state index in [2.05, 4.69) is 35.9 Å². The third-order valence-electron chi connectivity index (χ3n) is 3.84. The maximum atomic E-state index is 10.0. The molecule has 0 spiro atoms. The average molecular weight is 278 g/mol. The van der Waals surface area contributed by atoms with E-state index in [9.17, 15) is 5.11 Å². The fourth-order valence-corrected chi connectivity index (χ4v) is 2.39. The van der Waals surface area contributed by atoms with Crippen LogP contribution >= 0.6 is 0 Å². The Kier molecular flexibility index (Phi) is 5.83. The topological polar surface area (TPSA) is 35.9 Å². The van der Waals surface area contributed by atoms with Crippen LogP contribution in [0.4, 0.5) is 0 Å². The number of aliphatic hydroxyl groups is 1. The number of aliphatic hydroxyl groups excluding tert-OH is 1. The quantitative estimate of drug-likeness (QED) is 0.849. The third-order valence-corrected chi connectivity index (χ3v) is 3.84. The van der Waals surface area contributed by atoms with E-state index in [1.807, 2.05) is 12.1 Å². The highest BCUT2D eigenvalue weighted by Gasteiger charge is 2.17. The highest BCUT2D eigenvalue weighted by atomic mass is 16.5. The summed E-state index contributed by atoms with van der Waals surface area (Å²) in [5.74, 6) is 0.833. The van der Waals surface area contributed by atoms with Gasteiger partial charge in [0.1, 0.15) is 18.5 Å². The molecule has 0 bridgehead atoms. The van der Waals surface area contributed by atoms with Crippen LogP contribution in [0.1, 0.15) is 12.5 Å². The van der Waals surface area contributed by atoms with Gasteiger partial charge in [-0.1, -0.05) is 19.1 Å². The summed E-state index contributed by atoms with van der Waals surface area (Å²) < 4.78 is 5.64. The molecule has 1 aliphatic heterocycles. The third kappa shape index (κ3) is 4.78. The molecule has 1 aromatic carbocycles. The normalized spacial score (nSPS) is 18.9. The van der Waals surface area contributed by atoms with Crippen molar-refractivity contribution in [2.45, 2.75) is 19.4 Å². The fraction of sp³-hybridized carbons (Fsp3) is 0.625. The highest BCUT2D eigenvalue weighted by molar-refractivity contribution is 5.27. The Morgan fingerprint density at radius 2 is 1.80 bits per heavy atom. The SMILES string of the molecule is CCc1ccc(OC[C@@H](O)CN2CCN(C)CC2)cc1. The van der Waals surface area contributed by atoms with Gasteiger partial charge in [-0.15, -0.1) is 0 Å². The molecular weight excluding hydrogens is 252 g/mol. The molecule has 0 aliphatic carbocycles. The van der Waals surface area contributed by atoms with Crippen molar-refractivity contribution >= 4 is 0 Å². The lowest BCUT2D eigenvalue weighted by atomic mass is 10.2. The van der Waals surface area contributed by atoms with Crippen molar-refractivity contribution in [1.29, 1.82) is 0 Å². The second kappa shape index (κ2) is 7.62. The van der Waals surface area contributed by atoms with Crippen LogP contribution in [0.15, 0.2) is 24.3 Å². The molecule has 0 saturated carbocycles. The average Bonchev–Trinajstić information content (AvgIpc) is 2.48. The molecule has 1 aliphatic rings. The number of piperazine rings is 1. The van der Waals surface area contributed by atoms with Crippen LogP contribution in [0.3, 0.4) is 0 Å². The zero-order chi connectivity index (χ0) is 14.4. The van der Waals surface area contributed by atoms with Crippen LogP contribution in [-0.4, -0.2) is 67.4 Å². The van der Waals surface area contributed by atoms with E-state index in [4.69, 9.17) is 4.74 Å². The van der Waals surface area contributed by atoms with Gasteiger partial charge in [0.05, 0.1) is 0 Å². The molecule has 0 radical (unpaired) electrons. The fourth-order valence-electron chi connectivity index (χ4n) is 2.39. The predicted octanol–water partition coefficient (Wildman–Crippen LogP) is 1.24. The van der Waals surface area contributed by atoms with Crippen molar-refractivity contribution in [3.05, 3.63) is 29.8 Å². The monoisotopic (exact) mass is 278 g/mol. The molecule has 1 saturated heterocycles. The van der Waals surface area contributed by atoms with E-state index in [-0.39, 0.29) is 0 Å². The predicted molar refractivity (Wildman–Crippen MR) is 81.3 cm³/mol. The molecule has 1 fully saturated rings. The van der Waals surface area contributed by atoms with Gasteiger partial charge in [0.15, 0.2) is 0 Å². The lowest BCUT2D eigenvalue weighted by molar-refractivity contribution is 0.0505. The first-order chi connectivity index (χ1) is 9.67. The largest absolute Gasteiger partial charge is 0.491 e. The van der Waals surface area contributed by atoms with Crippen molar-refractivity contribution in [2.24, 2.45) is 0 Å². The van der Waals surface area contributed by atoms with Crippen molar-refractivity contribution in [1.82, 2.24) is 9.80 Å². The summed E-state index contributed by atoms with van der Waals surface area (Å²) in [6.07, 6.45) is 0.607. The molecule has 4 heteroatoms. The van der Waals surface area contributed by atoms with E-state index in [0.717, 1.165) is 38.3 Å². The highest BCUT2D eigenvalue weighted by Crippen LogP contribution is 2.13. The van der Waals surface area contributed by atoms with Crippen LogP contribution in [0.5, 0.6) is 5.75 Å². The summed E-state index contributed by atoms with van der Waals surface area (Å²) >= 11 is 0. The second-order valence-electron chi connectivity index (χ2n) is 5.57. The van der Waals surface area contributed by atoms with Crippen LogP contribution in [0, 0.1) is 0 Å². The molecule has 1 heterocycles. The van der Waals surface area contributed by atoms with E-state index in [0.29, 0.717) is 13.2 Å². The van der Waals surface area contributed by atoms with Gasteiger partial charge in [0.2, 0.25) is 0 Å². The Balaban J connectivity index is 1.70. The lowest BCUT2D eigenvalue weighted by Crippen LogP contribution is -2.47. The first-order valence-corrected chi connectivity index (χ1v) is 7.48. The van der Waals surface area contributed by atoms with Gasteiger partial charge in [-0.3, -0.25) is 4.90 Å². The Hall–Kier alpha value is -1.10. The van der Waals surface area contributed by atoms with Crippen LogP contribution < -0.4 is 4.74 Å². The maximum absolute atomic E-state index is 10.0. The van der Waals surface area contributed by atoms with Crippen molar-refractivity contribution in [3.8, 4) is 5.75 Å². The summed E-state index contributed by atoms with van der Waals surface area (Å²) in [5, 5.41) is 10.0. The van der Waals surface area contributed by atoms with Crippen LogP contribution in [-0.2, 0) is 6.42 Å². The van der Waals surface area contributed by atoms with Crippen LogP contribution in [0.25, 0.3) is 0 Å². The number of rotatable bonds is 6. The number of hydrogen-bond acceptors (Lipinski definition) is 4. The molecule has 112 valence electrons. The minimum absolute atomic E-state index is 0.359. The van der Waals surface area contributed by atoms with E-state index in [1.165, 1.54) is 5.56 Å². The van der Waals surface area contributed by atoms with Gasteiger partial charge >= 0.3 is 0 Å². The molecule has 4 nitrogen and oxygen atoms in total. The number of β-amino-alcohol motifs (C(OH)–C–C–N with tert-alkyl or cyclic N) is 1. The second-order valence-corrected chi connectivity index (χ2v) is 5.57. The molecular formula is C16H26N2O2. The van der Waals surface area contributed by atoms with Crippen molar-refractivity contribution < 1.29 is 9.84 Å². The van der Waals surface area contributed by atoms with Gasteiger partial charge in [-0.25, -0.2) is 0 Å².